The Balaban J connectivity index is 1.30. The van der Waals surface area contributed by atoms with Crippen LogP contribution in [0.25, 0.3) is 16.8 Å². The summed E-state index contributed by atoms with van der Waals surface area (Å²) in [6, 6.07) is 34.1. The summed E-state index contributed by atoms with van der Waals surface area (Å²) >= 11 is 0. The molecule has 3 aliphatic rings. The smallest absolute Gasteiger partial charge is 0.412 e. The second-order valence-corrected chi connectivity index (χ2v) is 18.0. The Morgan fingerprint density at radius 3 is 2.43 bits per heavy atom. The standard InChI is InChI=1S/C56H60N4O10/c1-3-32-68-56-51(59(37-42-19-13-18-40-16-7-8-20-45(40)42)52(63)29-24-38-22-25-43(26-23-38)60(65)66)35-49(58-67-2)47-33-41(17-9-11-30-61)46(21-10-12-31-62)53(54(47)56)48-34-44(27-28-50(48)70-56)69-55(64)57-36-39-14-5-4-6-15-39/h3-8,13-16,18-20,22-29,33-34,41,46,51,53-54,61-62H,1,9-12,17,21,30-32,35-37H2,2H3,(H,57,64). The van der Waals surface area contributed by atoms with Gasteiger partial charge >= 0.3 is 6.09 Å². The molecule has 364 valence electrons. The van der Waals surface area contributed by atoms with Gasteiger partial charge in [0.15, 0.2) is 0 Å². The molecule has 2 amide bonds. The zero-order chi connectivity index (χ0) is 49.0. The van der Waals surface area contributed by atoms with E-state index in [0.29, 0.717) is 42.0 Å². The molecule has 2 aliphatic carbocycles. The van der Waals surface area contributed by atoms with Crippen LogP contribution in [0.5, 0.6) is 11.5 Å². The van der Waals surface area contributed by atoms with E-state index in [0.717, 1.165) is 52.3 Å². The summed E-state index contributed by atoms with van der Waals surface area (Å²) in [6.45, 7) is 4.61. The van der Waals surface area contributed by atoms with Gasteiger partial charge in [-0.1, -0.05) is 103 Å². The molecule has 0 spiro atoms. The van der Waals surface area contributed by atoms with Gasteiger partial charge < -0.3 is 39.5 Å². The Kier molecular flexibility index (Phi) is 16.2. The monoisotopic (exact) mass is 948 g/mol. The quantitative estimate of drug-likeness (QED) is 0.0211. The lowest BCUT2D eigenvalue weighted by atomic mass is 9.55. The van der Waals surface area contributed by atoms with Gasteiger partial charge in [-0.2, -0.15) is 0 Å². The van der Waals surface area contributed by atoms with Gasteiger partial charge in [0, 0.05) is 62.4 Å². The number of benzene rings is 5. The molecule has 5 aromatic rings. The molecule has 5 aromatic carbocycles. The van der Waals surface area contributed by atoms with Crippen molar-refractivity contribution in [2.45, 2.75) is 75.8 Å². The van der Waals surface area contributed by atoms with Crippen molar-refractivity contribution < 1.29 is 43.8 Å². The maximum Gasteiger partial charge on any atom is 0.412 e. The van der Waals surface area contributed by atoms with E-state index in [2.05, 4.69) is 18.0 Å². The Hall–Kier alpha value is -7.13. The van der Waals surface area contributed by atoms with Gasteiger partial charge in [-0.3, -0.25) is 14.9 Å². The Morgan fingerprint density at radius 2 is 1.69 bits per heavy atom. The van der Waals surface area contributed by atoms with Crippen LogP contribution in [0.1, 0.15) is 73.1 Å². The number of nitrogens with zero attached hydrogens (tertiary/aromatic N) is 3. The highest BCUT2D eigenvalue weighted by Crippen LogP contribution is 2.62. The molecule has 6 unspecified atom stereocenters. The molecule has 1 saturated carbocycles. The van der Waals surface area contributed by atoms with E-state index in [4.69, 9.17) is 24.2 Å². The first-order valence-corrected chi connectivity index (χ1v) is 24.0. The lowest BCUT2D eigenvalue weighted by molar-refractivity contribution is -0.384. The summed E-state index contributed by atoms with van der Waals surface area (Å²) < 4.78 is 20.5. The summed E-state index contributed by atoms with van der Waals surface area (Å²) in [5.74, 6) is -2.16. The van der Waals surface area contributed by atoms with Crippen molar-refractivity contribution in [1.82, 2.24) is 10.2 Å². The van der Waals surface area contributed by atoms with Crippen LogP contribution in [0.4, 0.5) is 10.5 Å². The minimum absolute atomic E-state index is 0.0139. The third-order valence-electron chi connectivity index (χ3n) is 13.7. The molecule has 0 radical (unpaired) electrons. The average molecular weight is 949 g/mol. The predicted octanol–water partition coefficient (Wildman–Crippen LogP) is 10.0. The number of aliphatic hydroxyl groups is 2. The highest BCUT2D eigenvalue weighted by molar-refractivity contribution is 6.03. The average Bonchev–Trinajstić information content (AvgIpc) is 3.38. The van der Waals surface area contributed by atoms with Crippen LogP contribution < -0.4 is 14.8 Å². The summed E-state index contributed by atoms with van der Waals surface area (Å²) in [7, 11) is 1.50. The van der Waals surface area contributed by atoms with E-state index in [1.807, 2.05) is 78.9 Å². The molecule has 6 atom stereocenters. The van der Waals surface area contributed by atoms with E-state index in [9.17, 15) is 25.1 Å². The molecule has 0 aromatic heterocycles. The zero-order valence-electron chi connectivity index (χ0n) is 39.4. The first-order valence-electron chi connectivity index (χ1n) is 24.0. The van der Waals surface area contributed by atoms with Crippen LogP contribution >= 0.6 is 0 Å². The number of fused-ring (bicyclic) bond motifs is 3. The van der Waals surface area contributed by atoms with E-state index < -0.39 is 28.8 Å². The van der Waals surface area contributed by atoms with Gasteiger partial charge in [0.1, 0.15) is 24.7 Å². The van der Waals surface area contributed by atoms with E-state index in [-0.39, 0.29) is 68.7 Å². The van der Waals surface area contributed by atoms with Crippen LogP contribution in [0, 0.1) is 27.9 Å². The van der Waals surface area contributed by atoms with Gasteiger partial charge in [-0.25, -0.2) is 4.79 Å². The van der Waals surface area contributed by atoms with Gasteiger partial charge in [0.25, 0.3) is 5.69 Å². The maximum atomic E-state index is 15.3. The van der Waals surface area contributed by atoms with Crippen LogP contribution in [-0.2, 0) is 27.5 Å². The number of rotatable bonds is 21. The van der Waals surface area contributed by atoms with Crippen LogP contribution in [0.3, 0.4) is 0 Å². The number of hydrogen-bond donors (Lipinski definition) is 3. The fourth-order valence-electron chi connectivity index (χ4n) is 10.7. The SMILES string of the molecule is C=CCOC12Oc3ccc(OC(=O)NCc4ccccc4)cc3C3C(CCCCO)C(CCCCO)C=C(C(=NOC)CC1N(Cc1cccc4ccccc14)C(=O)C=Cc1ccc([N+](=O)[O-])cc1)C32. The number of unbranched alkanes of at least 4 members (excludes halogenated alkanes) is 2. The lowest BCUT2D eigenvalue weighted by Crippen LogP contribution is -2.70. The number of amides is 2. The first-order chi connectivity index (χ1) is 34.2. The Labute approximate surface area is 408 Å². The number of nitro groups is 1. The summed E-state index contributed by atoms with van der Waals surface area (Å²) in [5, 5.41) is 41.0. The van der Waals surface area contributed by atoms with E-state index in [1.54, 1.807) is 41.3 Å². The number of carbonyl (C=O) groups is 2. The molecular weight excluding hydrogens is 889 g/mol. The fraction of sp³-hybridized carbons (Fsp3) is 0.339. The first kappa shape index (κ1) is 49.3. The molecule has 70 heavy (non-hydrogen) atoms. The number of nitro benzene ring substituents is 1. The number of oxime groups is 1. The summed E-state index contributed by atoms with van der Waals surface area (Å²) in [4.78, 5) is 47.1. The molecule has 3 N–H and O–H groups in total. The largest absolute Gasteiger partial charge is 0.459 e. The van der Waals surface area contributed by atoms with Crippen molar-refractivity contribution in [3.8, 4) is 11.5 Å². The van der Waals surface area contributed by atoms with Crippen molar-refractivity contribution in [3.63, 3.8) is 0 Å². The van der Waals surface area contributed by atoms with Gasteiger partial charge in [0.05, 0.1) is 23.2 Å². The molecule has 1 aliphatic heterocycles. The van der Waals surface area contributed by atoms with Crippen molar-refractivity contribution in [3.05, 3.63) is 178 Å². The van der Waals surface area contributed by atoms with Crippen molar-refractivity contribution in [1.29, 1.82) is 0 Å². The normalized spacial score (nSPS) is 21.8. The zero-order valence-corrected chi connectivity index (χ0v) is 39.4. The molecule has 1 heterocycles. The van der Waals surface area contributed by atoms with Crippen molar-refractivity contribution in [2.24, 2.45) is 22.9 Å². The van der Waals surface area contributed by atoms with E-state index >= 15 is 4.79 Å². The molecule has 14 heteroatoms. The number of hydrogen-bond acceptors (Lipinski definition) is 11. The van der Waals surface area contributed by atoms with Crippen molar-refractivity contribution in [2.75, 3.05) is 26.9 Å². The molecule has 0 bridgehead atoms. The van der Waals surface area contributed by atoms with E-state index in [1.165, 1.54) is 25.3 Å². The number of allylic oxidation sites excluding steroid dienone is 1. The highest BCUT2D eigenvalue weighted by atomic mass is 16.7. The maximum absolute atomic E-state index is 15.3. The number of carbonyl (C=O) groups excluding carboxylic acids is 2. The highest BCUT2D eigenvalue weighted by Gasteiger charge is 2.65. The Morgan fingerprint density at radius 1 is 0.943 bits per heavy atom. The Bertz CT molecular complexity index is 2740. The minimum Gasteiger partial charge on any atom is -0.459 e. The summed E-state index contributed by atoms with van der Waals surface area (Å²) in [5.41, 5.74) is 4.61. The van der Waals surface area contributed by atoms with Crippen LogP contribution in [0.2, 0.25) is 0 Å². The predicted molar refractivity (Wildman–Crippen MR) is 268 cm³/mol. The number of non-ortho nitro benzene ring substituents is 1. The number of aliphatic hydroxyl groups excluding tert-OH is 2. The molecule has 14 nitrogen and oxygen atoms in total. The molecule has 8 rings (SSSR count). The molecular formula is C56H60N4O10. The lowest BCUT2D eigenvalue weighted by Gasteiger charge is -2.60. The van der Waals surface area contributed by atoms with Crippen LogP contribution in [-0.4, -0.2) is 76.5 Å². The number of nitrogens with one attached hydrogen (secondary N) is 1. The molecule has 1 fully saturated rings. The van der Waals surface area contributed by atoms with Gasteiger partial charge in [-0.15, -0.1) is 6.58 Å². The second kappa shape index (κ2) is 23.0. The third-order valence-corrected chi connectivity index (χ3v) is 13.7. The number of ether oxygens (including phenoxy) is 3. The van der Waals surface area contributed by atoms with Gasteiger partial charge in [0.2, 0.25) is 11.7 Å². The third kappa shape index (κ3) is 10.8. The van der Waals surface area contributed by atoms with Crippen LogP contribution in [0.15, 0.2) is 151 Å². The van der Waals surface area contributed by atoms with Gasteiger partial charge in [-0.05, 0) is 107 Å². The topological polar surface area (TPSA) is 182 Å². The summed E-state index contributed by atoms with van der Waals surface area (Å²) in [6.07, 6.45) is 10.8. The second-order valence-electron chi connectivity index (χ2n) is 18.0. The molecule has 0 saturated heterocycles. The minimum atomic E-state index is -1.56. The van der Waals surface area contributed by atoms with Crippen molar-refractivity contribution >= 4 is 40.2 Å². The fourth-order valence-corrected chi connectivity index (χ4v) is 10.7.